The van der Waals surface area contributed by atoms with Gasteiger partial charge in [0.1, 0.15) is 5.76 Å². The number of aryl methyl sites for hydroxylation is 1. The Morgan fingerprint density at radius 3 is 2.71 bits per heavy atom. The first kappa shape index (κ1) is 18.5. The van der Waals surface area contributed by atoms with Crippen molar-refractivity contribution in [1.82, 2.24) is 15.2 Å². The van der Waals surface area contributed by atoms with Gasteiger partial charge in [-0.1, -0.05) is 43.8 Å². The van der Waals surface area contributed by atoms with Gasteiger partial charge >= 0.3 is 0 Å². The van der Waals surface area contributed by atoms with Gasteiger partial charge in [0.25, 0.3) is 0 Å². The van der Waals surface area contributed by atoms with Crippen LogP contribution in [0.3, 0.4) is 0 Å². The standard InChI is InChI=1S/C20H20N4O3S/c1-4-16(25)24-14-9-7-6-8-13(14)17-18(21-20(23-22-17)28-5-2)27-19(24)15-11-10-12(3)26-15/h6-11,19H,4-5H2,1-3H3/t19-/m1/s1. The van der Waals surface area contributed by atoms with E-state index in [4.69, 9.17) is 9.15 Å². The van der Waals surface area contributed by atoms with E-state index in [0.717, 1.165) is 17.1 Å². The molecule has 1 aliphatic rings. The predicted molar refractivity (Wildman–Crippen MR) is 106 cm³/mol. The van der Waals surface area contributed by atoms with Crippen LogP contribution in [0, 0.1) is 6.92 Å². The smallest absolute Gasteiger partial charge is 0.247 e. The lowest BCUT2D eigenvalue weighted by Gasteiger charge is -2.28. The number of fused-ring (bicyclic) bond motifs is 3. The second kappa shape index (κ2) is 7.63. The van der Waals surface area contributed by atoms with Crippen molar-refractivity contribution in [2.75, 3.05) is 10.7 Å². The zero-order valence-electron chi connectivity index (χ0n) is 15.9. The molecule has 4 rings (SSSR count). The Bertz CT molecular complexity index is 1020. The first-order chi connectivity index (χ1) is 13.6. The predicted octanol–water partition coefficient (Wildman–Crippen LogP) is 4.39. The van der Waals surface area contributed by atoms with Crippen LogP contribution in [0.5, 0.6) is 5.88 Å². The number of amides is 1. The number of ether oxygens (including phenoxy) is 1. The molecule has 3 heterocycles. The van der Waals surface area contributed by atoms with Crippen LogP contribution in [-0.4, -0.2) is 26.8 Å². The fourth-order valence-electron chi connectivity index (χ4n) is 3.11. The fraction of sp³-hybridized carbons (Fsp3) is 0.300. The molecular formula is C20H20N4O3S. The maximum atomic E-state index is 12.9. The Kier molecular flexibility index (Phi) is 5.04. The van der Waals surface area contributed by atoms with E-state index in [1.807, 2.05) is 57.2 Å². The van der Waals surface area contributed by atoms with E-state index in [1.54, 1.807) is 4.90 Å². The lowest BCUT2D eigenvalue weighted by Crippen LogP contribution is -2.37. The molecule has 0 aliphatic carbocycles. The lowest BCUT2D eigenvalue weighted by atomic mass is 10.1. The molecule has 2 aromatic heterocycles. The normalized spacial score (nSPS) is 15.4. The highest BCUT2D eigenvalue weighted by atomic mass is 32.2. The van der Waals surface area contributed by atoms with Crippen LogP contribution in [0.4, 0.5) is 5.69 Å². The molecule has 1 aromatic carbocycles. The van der Waals surface area contributed by atoms with E-state index < -0.39 is 6.23 Å². The number of hydrogen-bond donors (Lipinski definition) is 0. The van der Waals surface area contributed by atoms with Gasteiger partial charge in [-0.05, 0) is 30.9 Å². The number of furan rings is 1. The summed E-state index contributed by atoms with van der Waals surface area (Å²) in [6, 6.07) is 11.2. The first-order valence-electron chi connectivity index (χ1n) is 9.14. The van der Waals surface area contributed by atoms with Gasteiger partial charge in [0, 0.05) is 12.0 Å². The van der Waals surface area contributed by atoms with Gasteiger partial charge in [0.2, 0.25) is 23.2 Å². The zero-order valence-corrected chi connectivity index (χ0v) is 16.7. The maximum Gasteiger partial charge on any atom is 0.247 e. The van der Waals surface area contributed by atoms with Gasteiger partial charge < -0.3 is 9.15 Å². The lowest BCUT2D eigenvalue weighted by molar-refractivity contribution is -0.120. The molecule has 0 N–H and O–H groups in total. The van der Waals surface area contributed by atoms with E-state index in [-0.39, 0.29) is 5.91 Å². The summed E-state index contributed by atoms with van der Waals surface area (Å²) in [5, 5.41) is 9.11. The molecule has 0 fully saturated rings. The average Bonchev–Trinajstić information content (AvgIpc) is 3.08. The Morgan fingerprint density at radius 1 is 1.18 bits per heavy atom. The van der Waals surface area contributed by atoms with Gasteiger partial charge in [-0.2, -0.15) is 4.98 Å². The van der Waals surface area contributed by atoms with Gasteiger partial charge in [-0.25, -0.2) is 0 Å². The van der Waals surface area contributed by atoms with E-state index in [2.05, 4.69) is 15.2 Å². The summed E-state index contributed by atoms with van der Waals surface area (Å²) >= 11 is 1.48. The van der Waals surface area contributed by atoms with Crippen molar-refractivity contribution in [3.63, 3.8) is 0 Å². The number of carbonyl (C=O) groups excluding carboxylic acids is 1. The molecule has 0 bridgehead atoms. The van der Waals surface area contributed by atoms with Crippen molar-refractivity contribution in [3.8, 4) is 17.1 Å². The highest BCUT2D eigenvalue weighted by Gasteiger charge is 2.36. The topological polar surface area (TPSA) is 81.3 Å². The number of nitrogens with zero attached hydrogens (tertiary/aromatic N) is 4. The van der Waals surface area contributed by atoms with Gasteiger partial charge in [-0.3, -0.25) is 9.69 Å². The third-order valence-electron chi connectivity index (χ3n) is 4.36. The Morgan fingerprint density at radius 2 is 2.00 bits per heavy atom. The SMILES string of the molecule is CCSc1nnc2c(n1)O[C@H](c1ccc(C)o1)N(C(=O)CC)c1ccccc1-2. The van der Waals surface area contributed by atoms with E-state index in [9.17, 15) is 4.79 Å². The Hall–Kier alpha value is -2.87. The molecule has 1 amide bonds. The number of rotatable bonds is 4. The molecule has 144 valence electrons. The largest absolute Gasteiger partial charge is 0.460 e. The molecule has 0 spiro atoms. The minimum absolute atomic E-state index is 0.0876. The second-order valence-corrected chi connectivity index (χ2v) is 7.47. The van der Waals surface area contributed by atoms with Crippen LogP contribution >= 0.6 is 11.8 Å². The monoisotopic (exact) mass is 396 g/mol. The number of anilines is 1. The van der Waals surface area contributed by atoms with Crippen LogP contribution < -0.4 is 9.64 Å². The maximum absolute atomic E-state index is 12.9. The van der Waals surface area contributed by atoms with Crippen molar-refractivity contribution in [1.29, 1.82) is 0 Å². The molecule has 0 unspecified atom stereocenters. The quantitative estimate of drug-likeness (QED) is 0.605. The molecule has 0 radical (unpaired) electrons. The first-order valence-corrected chi connectivity index (χ1v) is 10.1. The molecule has 7 nitrogen and oxygen atoms in total. The van der Waals surface area contributed by atoms with E-state index in [0.29, 0.717) is 34.6 Å². The summed E-state index contributed by atoms with van der Waals surface area (Å²) in [6.07, 6.45) is -0.458. The van der Waals surface area contributed by atoms with Crippen molar-refractivity contribution < 1.29 is 13.9 Å². The van der Waals surface area contributed by atoms with E-state index >= 15 is 0 Å². The number of hydrogen-bond acceptors (Lipinski definition) is 7. The number of para-hydroxylation sites is 1. The van der Waals surface area contributed by atoms with Crippen LogP contribution in [0.15, 0.2) is 46.0 Å². The van der Waals surface area contributed by atoms with Crippen LogP contribution in [0.1, 0.15) is 38.0 Å². The number of aromatic nitrogens is 3. The fourth-order valence-corrected chi connectivity index (χ4v) is 3.62. The summed E-state index contributed by atoms with van der Waals surface area (Å²) in [6.45, 7) is 5.70. The molecule has 3 aromatic rings. The average molecular weight is 396 g/mol. The van der Waals surface area contributed by atoms with Crippen LogP contribution in [-0.2, 0) is 4.79 Å². The molecule has 1 aliphatic heterocycles. The van der Waals surface area contributed by atoms with Crippen molar-refractivity contribution in [2.45, 2.75) is 38.6 Å². The van der Waals surface area contributed by atoms with Gasteiger partial charge in [0.05, 0.1) is 5.69 Å². The van der Waals surface area contributed by atoms with Crippen molar-refractivity contribution >= 4 is 23.4 Å². The van der Waals surface area contributed by atoms with Crippen molar-refractivity contribution in [2.24, 2.45) is 0 Å². The molecule has 8 heteroatoms. The second-order valence-electron chi connectivity index (χ2n) is 6.23. The summed E-state index contributed by atoms with van der Waals surface area (Å²) in [5.41, 5.74) is 1.95. The zero-order chi connectivity index (χ0) is 19.7. The van der Waals surface area contributed by atoms with E-state index in [1.165, 1.54) is 11.8 Å². The summed E-state index contributed by atoms with van der Waals surface area (Å²) in [7, 11) is 0. The molecule has 28 heavy (non-hydrogen) atoms. The summed E-state index contributed by atoms with van der Waals surface area (Å²) < 4.78 is 12.1. The van der Waals surface area contributed by atoms with Crippen LogP contribution in [0.2, 0.25) is 0 Å². The Balaban J connectivity index is 1.94. The molecule has 1 atom stereocenters. The number of carbonyl (C=O) groups is 1. The number of thioether (sulfide) groups is 1. The molecule has 0 saturated carbocycles. The van der Waals surface area contributed by atoms with Gasteiger partial charge in [-0.15, -0.1) is 10.2 Å². The van der Waals surface area contributed by atoms with Crippen molar-refractivity contribution in [3.05, 3.63) is 47.9 Å². The third-order valence-corrected chi connectivity index (χ3v) is 5.08. The highest BCUT2D eigenvalue weighted by molar-refractivity contribution is 7.99. The molecular weight excluding hydrogens is 376 g/mol. The highest BCUT2D eigenvalue weighted by Crippen LogP contribution is 2.43. The Labute approximate surface area is 167 Å². The minimum Gasteiger partial charge on any atom is -0.460 e. The van der Waals surface area contributed by atoms with Gasteiger partial charge in [0.15, 0.2) is 11.5 Å². The summed E-state index contributed by atoms with van der Waals surface area (Å²) in [4.78, 5) is 19.1. The minimum atomic E-state index is -0.778. The summed E-state index contributed by atoms with van der Waals surface area (Å²) in [5.74, 6) is 2.34. The number of benzene rings is 1. The third kappa shape index (κ3) is 3.24. The van der Waals surface area contributed by atoms with Crippen LogP contribution in [0.25, 0.3) is 11.3 Å². The molecule has 0 saturated heterocycles.